The van der Waals surface area contributed by atoms with E-state index in [-0.39, 0.29) is 17.2 Å². The number of benzene rings is 3. The van der Waals surface area contributed by atoms with Crippen molar-refractivity contribution in [3.63, 3.8) is 0 Å². The molecule has 0 saturated heterocycles. The van der Waals surface area contributed by atoms with Crippen LogP contribution in [0.2, 0.25) is 0 Å². The molecule has 0 saturated carbocycles. The lowest BCUT2D eigenvalue weighted by atomic mass is 9.93. The van der Waals surface area contributed by atoms with Crippen molar-refractivity contribution in [1.29, 1.82) is 0 Å². The summed E-state index contributed by atoms with van der Waals surface area (Å²) < 4.78 is 26.5. The summed E-state index contributed by atoms with van der Waals surface area (Å²) in [5, 5.41) is 9.28. The number of carboxylic acids is 1. The minimum Gasteiger partial charge on any atom is -0.494 e. The summed E-state index contributed by atoms with van der Waals surface area (Å²) in [6, 6.07) is 16.7. The van der Waals surface area contributed by atoms with Gasteiger partial charge in [-0.05, 0) is 78.4 Å². The van der Waals surface area contributed by atoms with E-state index in [4.69, 9.17) is 9.47 Å². The molecule has 1 N–H and O–H groups in total. The van der Waals surface area contributed by atoms with Gasteiger partial charge >= 0.3 is 11.9 Å². The van der Waals surface area contributed by atoms with Gasteiger partial charge in [0.1, 0.15) is 11.6 Å². The monoisotopic (exact) mass is 548 g/mol. The first kappa shape index (κ1) is 30.9. The zero-order valence-corrected chi connectivity index (χ0v) is 23.9. The van der Waals surface area contributed by atoms with Crippen molar-refractivity contribution in [3.8, 4) is 28.0 Å². The Bertz CT molecular complexity index is 1250. The van der Waals surface area contributed by atoms with Gasteiger partial charge in [0.05, 0.1) is 23.8 Å². The molecule has 6 heteroatoms. The molecule has 214 valence electrons. The van der Waals surface area contributed by atoms with Gasteiger partial charge in [-0.1, -0.05) is 83.1 Å². The number of carboxylic acid groups (broad SMARTS) is 1. The van der Waals surface area contributed by atoms with Crippen LogP contribution in [0.4, 0.5) is 4.39 Å². The predicted molar refractivity (Wildman–Crippen MR) is 158 cm³/mol. The summed E-state index contributed by atoms with van der Waals surface area (Å²) in [6.07, 6.45) is 10.0. The van der Waals surface area contributed by atoms with Gasteiger partial charge < -0.3 is 14.6 Å². The third-order valence-corrected chi connectivity index (χ3v) is 7.08. The van der Waals surface area contributed by atoms with E-state index < -0.39 is 17.8 Å². The number of hydrogen-bond donors (Lipinski definition) is 1. The van der Waals surface area contributed by atoms with E-state index in [0.29, 0.717) is 24.3 Å². The van der Waals surface area contributed by atoms with E-state index in [0.717, 1.165) is 29.5 Å². The second-order valence-electron chi connectivity index (χ2n) is 10.2. The quantitative estimate of drug-likeness (QED) is 0.143. The first-order valence-electron chi connectivity index (χ1n) is 14.5. The van der Waals surface area contributed by atoms with Crippen LogP contribution in [-0.2, 0) is 4.74 Å². The molecule has 0 aliphatic heterocycles. The van der Waals surface area contributed by atoms with Crippen molar-refractivity contribution in [2.24, 2.45) is 0 Å². The van der Waals surface area contributed by atoms with Gasteiger partial charge in [-0.25, -0.2) is 14.0 Å². The molecule has 0 radical (unpaired) electrons. The van der Waals surface area contributed by atoms with Crippen LogP contribution in [0.15, 0.2) is 60.7 Å². The Labute approximate surface area is 237 Å². The third kappa shape index (κ3) is 8.94. The van der Waals surface area contributed by atoms with Gasteiger partial charge in [-0.15, -0.1) is 0 Å². The van der Waals surface area contributed by atoms with Gasteiger partial charge in [-0.3, -0.25) is 0 Å². The number of rotatable bonds is 16. The van der Waals surface area contributed by atoms with E-state index in [1.54, 1.807) is 37.3 Å². The fraction of sp³-hybridized carbons (Fsp3) is 0.412. The predicted octanol–water partition coefficient (Wildman–Crippen LogP) is 9.33. The summed E-state index contributed by atoms with van der Waals surface area (Å²) in [4.78, 5) is 23.8. The Hall–Kier alpha value is -3.67. The number of aromatic carboxylic acids is 1. The van der Waals surface area contributed by atoms with Crippen LogP contribution < -0.4 is 4.74 Å². The molecule has 0 fully saturated rings. The lowest BCUT2D eigenvalue weighted by Crippen LogP contribution is -2.15. The number of halogens is 1. The summed E-state index contributed by atoms with van der Waals surface area (Å²) in [5.41, 5.74) is 2.95. The Morgan fingerprint density at radius 1 is 0.800 bits per heavy atom. The first-order chi connectivity index (χ1) is 19.3. The average Bonchev–Trinajstić information content (AvgIpc) is 2.96. The van der Waals surface area contributed by atoms with Crippen molar-refractivity contribution in [3.05, 3.63) is 77.6 Å². The number of hydrogen-bond acceptors (Lipinski definition) is 4. The second-order valence-corrected chi connectivity index (χ2v) is 10.2. The minimum absolute atomic E-state index is 0.112. The lowest BCUT2D eigenvalue weighted by Gasteiger charge is -2.15. The summed E-state index contributed by atoms with van der Waals surface area (Å²) in [6.45, 7) is 6.48. The highest BCUT2D eigenvalue weighted by atomic mass is 19.1. The topological polar surface area (TPSA) is 72.8 Å². The molecule has 1 atom stereocenters. The molecule has 0 amide bonds. The standard InChI is InChI=1S/C34H41FO5/c1-4-6-7-8-9-10-11-12-21-39-28-18-20-29(25-13-15-26(16-14-25)33(36)37)31(23-28)27-17-19-30(32(35)22-27)34(38)40-24(3)5-2/h13-20,22-24H,4-12,21H2,1-3H3,(H,36,37)/t24-/m1/s1. The molecule has 0 heterocycles. The van der Waals surface area contributed by atoms with Gasteiger partial charge in [-0.2, -0.15) is 0 Å². The lowest BCUT2D eigenvalue weighted by molar-refractivity contribution is 0.0329. The van der Waals surface area contributed by atoms with Crippen molar-refractivity contribution in [2.75, 3.05) is 6.61 Å². The molecule has 3 aromatic carbocycles. The van der Waals surface area contributed by atoms with Gasteiger partial charge in [0, 0.05) is 0 Å². The Kier molecular flexibility index (Phi) is 12.2. The molecule has 0 unspecified atom stereocenters. The smallest absolute Gasteiger partial charge is 0.341 e. The molecule has 3 aromatic rings. The molecule has 3 rings (SSSR count). The van der Waals surface area contributed by atoms with Crippen LogP contribution in [0, 0.1) is 5.82 Å². The van der Waals surface area contributed by atoms with E-state index in [9.17, 15) is 14.7 Å². The van der Waals surface area contributed by atoms with E-state index >= 15 is 4.39 Å². The molecular formula is C34H41FO5. The summed E-state index contributed by atoms with van der Waals surface area (Å²) in [7, 11) is 0. The van der Waals surface area contributed by atoms with Crippen molar-refractivity contribution in [1.82, 2.24) is 0 Å². The van der Waals surface area contributed by atoms with Crippen LogP contribution >= 0.6 is 0 Å². The number of carbonyl (C=O) groups excluding carboxylic acids is 1. The van der Waals surface area contributed by atoms with Gasteiger partial charge in [0.2, 0.25) is 0 Å². The zero-order chi connectivity index (χ0) is 28.9. The van der Waals surface area contributed by atoms with Gasteiger partial charge in [0.15, 0.2) is 0 Å². The normalized spacial score (nSPS) is 11.7. The van der Waals surface area contributed by atoms with Crippen molar-refractivity contribution < 1.29 is 28.6 Å². The SMILES string of the molecule is CCCCCCCCCCOc1ccc(-c2ccc(C(=O)O)cc2)c(-c2ccc(C(=O)O[C@H](C)CC)c(F)c2)c1. The average molecular weight is 549 g/mol. The maximum absolute atomic E-state index is 15.1. The Balaban J connectivity index is 1.81. The highest BCUT2D eigenvalue weighted by molar-refractivity contribution is 5.92. The largest absolute Gasteiger partial charge is 0.494 e. The molecular weight excluding hydrogens is 507 g/mol. The fourth-order valence-electron chi connectivity index (χ4n) is 4.50. The highest BCUT2D eigenvalue weighted by Crippen LogP contribution is 2.36. The van der Waals surface area contributed by atoms with Crippen LogP contribution in [0.25, 0.3) is 22.3 Å². The number of esters is 1. The Morgan fingerprint density at radius 3 is 2.08 bits per heavy atom. The summed E-state index contributed by atoms with van der Waals surface area (Å²) >= 11 is 0. The van der Waals surface area contributed by atoms with Crippen LogP contribution in [0.5, 0.6) is 5.75 Å². The number of unbranched alkanes of at least 4 members (excludes halogenated alkanes) is 7. The molecule has 40 heavy (non-hydrogen) atoms. The van der Waals surface area contributed by atoms with Crippen molar-refractivity contribution >= 4 is 11.9 Å². The highest BCUT2D eigenvalue weighted by Gasteiger charge is 2.18. The molecule has 0 bridgehead atoms. The van der Waals surface area contributed by atoms with Crippen LogP contribution in [-0.4, -0.2) is 29.8 Å². The second kappa shape index (κ2) is 15.8. The van der Waals surface area contributed by atoms with Crippen LogP contribution in [0.3, 0.4) is 0 Å². The third-order valence-electron chi connectivity index (χ3n) is 7.08. The number of carbonyl (C=O) groups is 2. The number of ether oxygens (including phenoxy) is 2. The van der Waals surface area contributed by atoms with Crippen LogP contribution in [0.1, 0.15) is 99.3 Å². The molecule has 0 aliphatic rings. The maximum Gasteiger partial charge on any atom is 0.341 e. The molecule has 0 aromatic heterocycles. The summed E-state index contributed by atoms with van der Waals surface area (Å²) in [5.74, 6) is -1.68. The van der Waals surface area contributed by atoms with E-state index in [1.807, 2.05) is 25.1 Å². The van der Waals surface area contributed by atoms with Crippen molar-refractivity contribution in [2.45, 2.75) is 84.7 Å². The zero-order valence-electron chi connectivity index (χ0n) is 23.9. The molecule has 5 nitrogen and oxygen atoms in total. The van der Waals surface area contributed by atoms with E-state index in [2.05, 4.69) is 6.92 Å². The Morgan fingerprint density at radius 2 is 1.45 bits per heavy atom. The first-order valence-corrected chi connectivity index (χ1v) is 14.5. The fourth-order valence-corrected chi connectivity index (χ4v) is 4.50. The van der Waals surface area contributed by atoms with E-state index in [1.165, 1.54) is 50.7 Å². The minimum atomic E-state index is -1.00. The molecule has 0 aliphatic carbocycles. The molecule has 0 spiro atoms. The maximum atomic E-state index is 15.1. The van der Waals surface area contributed by atoms with Gasteiger partial charge in [0.25, 0.3) is 0 Å².